The molecule has 4 aromatic rings. The Morgan fingerprint density at radius 2 is 1.59 bits per heavy atom. The molecule has 0 aliphatic heterocycles. The van der Waals surface area contributed by atoms with Crippen LogP contribution in [-0.2, 0) is 11.2 Å². The predicted molar refractivity (Wildman–Crippen MR) is 124 cm³/mol. The Hall–Kier alpha value is -3.93. The molecule has 4 rings (SSSR count). The second-order valence-corrected chi connectivity index (χ2v) is 7.29. The Morgan fingerprint density at radius 3 is 2.38 bits per heavy atom. The molecule has 0 unspecified atom stereocenters. The lowest BCUT2D eigenvalue weighted by Crippen LogP contribution is -2.32. The number of benzene rings is 3. The first-order valence-electron chi connectivity index (χ1n) is 10.7. The van der Waals surface area contributed by atoms with E-state index in [1.165, 1.54) is 0 Å². The van der Waals surface area contributed by atoms with Crippen LogP contribution in [0.3, 0.4) is 0 Å². The number of rotatable bonds is 8. The van der Waals surface area contributed by atoms with Crippen LogP contribution in [0.5, 0.6) is 5.75 Å². The molecule has 6 heteroatoms. The largest absolute Gasteiger partial charge is 0.480 e. The van der Waals surface area contributed by atoms with Gasteiger partial charge in [0.25, 0.3) is 11.8 Å². The Kier molecular flexibility index (Phi) is 6.60. The summed E-state index contributed by atoms with van der Waals surface area (Å²) in [6, 6.07) is 24.7. The van der Waals surface area contributed by atoms with Gasteiger partial charge in [0, 0.05) is 11.3 Å². The highest BCUT2D eigenvalue weighted by atomic mass is 16.5. The lowest BCUT2D eigenvalue weighted by molar-refractivity contribution is -0.122. The van der Waals surface area contributed by atoms with E-state index in [4.69, 9.17) is 9.15 Å². The number of anilines is 1. The Labute approximate surface area is 187 Å². The van der Waals surface area contributed by atoms with Crippen molar-refractivity contribution in [2.75, 3.05) is 5.32 Å². The lowest BCUT2D eigenvalue weighted by Gasteiger charge is -2.19. The van der Waals surface area contributed by atoms with Crippen molar-refractivity contribution >= 4 is 11.6 Å². The van der Waals surface area contributed by atoms with E-state index < -0.39 is 6.10 Å². The van der Waals surface area contributed by atoms with Crippen molar-refractivity contribution in [1.29, 1.82) is 0 Å². The van der Waals surface area contributed by atoms with Crippen molar-refractivity contribution in [3.05, 3.63) is 84.4 Å². The number of amides is 1. The number of ether oxygens (including phenoxy) is 1. The summed E-state index contributed by atoms with van der Waals surface area (Å²) < 4.78 is 12.0. The molecule has 162 valence electrons. The SMILES string of the molecule is CCc1ccccc1NC(=O)[C@H](CC)Oc1ccccc1-c1nnc(-c2ccccc2)o1. The number of aromatic nitrogens is 2. The third-order valence-corrected chi connectivity index (χ3v) is 5.15. The van der Waals surface area contributed by atoms with Crippen LogP contribution >= 0.6 is 0 Å². The van der Waals surface area contributed by atoms with Crippen LogP contribution in [-0.4, -0.2) is 22.2 Å². The molecule has 0 fully saturated rings. The molecule has 0 aliphatic rings. The number of hydrogen-bond acceptors (Lipinski definition) is 5. The van der Waals surface area contributed by atoms with Gasteiger partial charge in [0.2, 0.25) is 5.89 Å². The van der Waals surface area contributed by atoms with Gasteiger partial charge in [-0.2, -0.15) is 0 Å². The molecular formula is C26H25N3O3. The Morgan fingerprint density at radius 1 is 0.906 bits per heavy atom. The average molecular weight is 428 g/mol. The Balaban J connectivity index is 1.56. The van der Waals surface area contributed by atoms with Gasteiger partial charge in [-0.3, -0.25) is 4.79 Å². The van der Waals surface area contributed by atoms with E-state index >= 15 is 0 Å². The second-order valence-electron chi connectivity index (χ2n) is 7.29. The van der Waals surface area contributed by atoms with E-state index in [1.54, 1.807) is 6.07 Å². The zero-order chi connectivity index (χ0) is 22.3. The number of carbonyl (C=O) groups excluding carboxylic acids is 1. The number of aryl methyl sites for hydroxylation is 1. The zero-order valence-electron chi connectivity index (χ0n) is 18.1. The van der Waals surface area contributed by atoms with E-state index in [-0.39, 0.29) is 5.91 Å². The normalized spacial score (nSPS) is 11.7. The van der Waals surface area contributed by atoms with Gasteiger partial charge in [-0.25, -0.2) is 0 Å². The molecule has 0 spiro atoms. The first-order chi connectivity index (χ1) is 15.7. The molecule has 0 saturated carbocycles. The van der Waals surface area contributed by atoms with E-state index in [0.717, 1.165) is 23.2 Å². The maximum absolute atomic E-state index is 13.0. The van der Waals surface area contributed by atoms with Crippen LogP contribution in [0.15, 0.2) is 83.3 Å². The average Bonchev–Trinajstić information content (AvgIpc) is 3.34. The van der Waals surface area contributed by atoms with Crippen molar-refractivity contribution in [1.82, 2.24) is 10.2 Å². The number of para-hydroxylation sites is 2. The molecule has 0 saturated heterocycles. The van der Waals surface area contributed by atoms with E-state index in [9.17, 15) is 4.79 Å². The van der Waals surface area contributed by atoms with Crippen LogP contribution < -0.4 is 10.1 Å². The van der Waals surface area contributed by atoms with Gasteiger partial charge in [0.15, 0.2) is 6.10 Å². The standard InChI is InChI=1S/C26H25N3O3/c1-3-18-12-8-10-16-21(18)27-24(30)22(4-2)31-23-17-11-9-15-20(23)26-29-28-25(32-26)19-13-6-5-7-14-19/h5-17,22H,3-4H2,1-2H3,(H,27,30)/t22-/m0/s1. The molecule has 1 heterocycles. The summed E-state index contributed by atoms with van der Waals surface area (Å²) in [6.07, 6.45) is 0.670. The smallest absolute Gasteiger partial charge is 0.265 e. The molecule has 3 aromatic carbocycles. The van der Waals surface area contributed by atoms with Gasteiger partial charge < -0.3 is 14.5 Å². The fraction of sp³-hybridized carbons (Fsp3) is 0.192. The van der Waals surface area contributed by atoms with E-state index in [2.05, 4.69) is 22.4 Å². The molecule has 1 amide bonds. The molecular weight excluding hydrogens is 402 g/mol. The van der Waals surface area contributed by atoms with Gasteiger partial charge in [-0.15, -0.1) is 10.2 Å². The summed E-state index contributed by atoms with van der Waals surface area (Å²) in [5.41, 5.74) is 3.36. The predicted octanol–water partition coefficient (Wildman–Crippen LogP) is 5.76. The van der Waals surface area contributed by atoms with Crippen LogP contribution in [0.4, 0.5) is 5.69 Å². The first-order valence-corrected chi connectivity index (χ1v) is 10.7. The molecule has 1 N–H and O–H groups in total. The van der Waals surface area contributed by atoms with Crippen LogP contribution in [0.1, 0.15) is 25.8 Å². The van der Waals surface area contributed by atoms with E-state index in [0.29, 0.717) is 29.5 Å². The summed E-state index contributed by atoms with van der Waals surface area (Å²) in [5.74, 6) is 1.09. The summed E-state index contributed by atoms with van der Waals surface area (Å²) in [6.45, 7) is 3.97. The van der Waals surface area contributed by atoms with Gasteiger partial charge >= 0.3 is 0 Å². The third-order valence-electron chi connectivity index (χ3n) is 5.15. The minimum absolute atomic E-state index is 0.196. The first kappa shape index (κ1) is 21.3. The maximum atomic E-state index is 13.0. The summed E-state index contributed by atoms with van der Waals surface area (Å²) in [7, 11) is 0. The highest BCUT2D eigenvalue weighted by molar-refractivity contribution is 5.95. The highest BCUT2D eigenvalue weighted by Gasteiger charge is 2.22. The van der Waals surface area contributed by atoms with Crippen molar-refractivity contribution in [2.24, 2.45) is 0 Å². The van der Waals surface area contributed by atoms with Crippen molar-refractivity contribution in [3.8, 4) is 28.7 Å². The zero-order valence-corrected chi connectivity index (χ0v) is 18.1. The maximum Gasteiger partial charge on any atom is 0.265 e. The van der Waals surface area contributed by atoms with Crippen molar-refractivity contribution in [3.63, 3.8) is 0 Å². The Bertz CT molecular complexity index is 1190. The molecule has 0 bridgehead atoms. The summed E-state index contributed by atoms with van der Waals surface area (Å²) >= 11 is 0. The molecule has 6 nitrogen and oxygen atoms in total. The van der Waals surface area contributed by atoms with Gasteiger partial charge in [-0.1, -0.05) is 62.4 Å². The number of carbonyl (C=O) groups is 1. The number of nitrogens with zero attached hydrogens (tertiary/aromatic N) is 2. The topological polar surface area (TPSA) is 77.2 Å². The summed E-state index contributed by atoms with van der Waals surface area (Å²) in [5, 5.41) is 11.4. The second kappa shape index (κ2) is 9.92. The van der Waals surface area contributed by atoms with Crippen molar-refractivity contribution < 1.29 is 13.9 Å². The van der Waals surface area contributed by atoms with Crippen LogP contribution in [0, 0.1) is 0 Å². The fourth-order valence-corrected chi connectivity index (χ4v) is 3.41. The van der Waals surface area contributed by atoms with E-state index in [1.807, 2.05) is 79.7 Å². The third kappa shape index (κ3) is 4.70. The molecule has 1 aromatic heterocycles. The fourth-order valence-electron chi connectivity index (χ4n) is 3.41. The van der Waals surface area contributed by atoms with Crippen LogP contribution in [0.2, 0.25) is 0 Å². The highest BCUT2D eigenvalue weighted by Crippen LogP contribution is 2.32. The number of nitrogens with one attached hydrogen (secondary N) is 1. The minimum atomic E-state index is -0.669. The van der Waals surface area contributed by atoms with Gasteiger partial charge in [0.05, 0.1) is 5.56 Å². The van der Waals surface area contributed by atoms with Gasteiger partial charge in [0.1, 0.15) is 5.75 Å². The monoisotopic (exact) mass is 427 g/mol. The molecule has 0 aliphatic carbocycles. The number of hydrogen-bond donors (Lipinski definition) is 1. The minimum Gasteiger partial charge on any atom is -0.480 e. The lowest BCUT2D eigenvalue weighted by atomic mass is 10.1. The summed E-state index contributed by atoms with van der Waals surface area (Å²) in [4.78, 5) is 13.0. The van der Waals surface area contributed by atoms with Crippen molar-refractivity contribution in [2.45, 2.75) is 32.8 Å². The van der Waals surface area contributed by atoms with Crippen LogP contribution in [0.25, 0.3) is 22.9 Å². The molecule has 32 heavy (non-hydrogen) atoms. The molecule has 1 atom stereocenters. The quantitative estimate of drug-likeness (QED) is 0.387. The van der Waals surface area contributed by atoms with Gasteiger partial charge in [-0.05, 0) is 48.7 Å². The molecule has 0 radical (unpaired) electrons.